The molecule has 11 heteroatoms. The zero-order chi connectivity index (χ0) is 30.4. The van der Waals surface area contributed by atoms with Crippen LogP contribution in [0.5, 0.6) is 11.5 Å². The van der Waals surface area contributed by atoms with Gasteiger partial charge in [-0.15, -0.1) is 0 Å². The molecule has 0 radical (unpaired) electrons. The van der Waals surface area contributed by atoms with Crippen molar-refractivity contribution in [2.45, 2.75) is 18.4 Å². The molecule has 0 atom stereocenters. The molecule has 0 saturated carbocycles. The molecule has 0 aromatic heterocycles. The van der Waals surface area contributed by atoms with Gasteiger partial charge in [-0.3, -0.25) is 9.10 Å². The molecule has 218 valence electrons. The molecule has 0 spiro atoms. The molecule has 0 unspecified atom stereocenters. The lowest BCUT2D eigenvalue weighted by Gasteiger charge is -2.26. The van der Waals surface area contributed by atoms with E-state index < -0.39 is 21.9 Å². The summed E-state index contributed by atoms with van der Waals surface area (Å²) in [6, 6.07) is 22.6. The maximum Gasteiger partial charge on any atom is 0.340 e. The number of ether oxygens (including phenoxy) is 3. The Labute approximate surface area is 249 Å². The van der Waals surface area contributed by atoms with E-state index >= 15 is 0 Å². The van der Waals surface area contributed by atoms with Crippen LogP contribution in [0.15, 0.2) is 89.8 Å². The van der Waals surface area contributed by atoms with Crippen LogP contribution in [0.4, 0.5) is 11.4 Å². The Bertz CT molecular complexity index is 1710. The molecular weight excluding hydrogens is 580 g/mol. The van der Waals surface area contributed by atoms with Crippen molar-refractivity contribution in [2.24, 2.45) is 0 Å². The lowest BCUT2D eigenvalue weighted by Crippen LogP contribution is -2.31. The van der Waals surface area contributed by atoms with Gasteiger partial charge in [-0.2, -0.15) is 0 Å². The minimum Gasteiger partial charge on any atom is -0.493 e. The molecule has 1 N–H and O–H groups in total. The van der Waals surface area contributed by atoms with Crippen LogP contribution in [-0.4, -0.2) is 41.6 Å². The van der Waals surface area contributed by atoms with Gasteiger partial charge in [0.1, 0.15) is 0 Å². The third-order valence-electron chi connectivity index (χ3n) is 6.49. The number of nitrogens with zero attached hydrogens (tertiary/aromatic N) is 1. The van der Waals surface area contributed by atoms with E-state index in [1.807, 2.05) is 6.92 Å². The van der Waals surface area contributed by atoms with Crippen molar-refractivity contribution in [1.29, 1.82) is 0 Å². The number of halogens is 1. The van der Waals surface area contributed by atoms with E-state index in [9.17, 15) is 18.0 Å². The van der Waals surface area contributed by atoms with E-state index in [-0.39, 0.29) is 28.3 Å². The molecule has 0 heterocycles. The highest BCUT2D eigenvalue weighted by Gasteiger charge is 2.27. The smallest absolute Gasteiger partial charge is 0.340 e. The Morgan fingerprint density at radius 1 is 0.857 bits per heavy atom. The third-order valence-corrected chi connectivity index (χ3v) is 8.50. The third kappa shape index (κ3) is 6.50. The fourth-order valence-electron chi connectivity index (χ4n) is 4.25. The number of carbonyl (C=O) groups excluding carboxylic acids is 2. The molecule has 42 heavy (non-hydrogen) atoms. The maximum atomic E-state index is 13.8. The lowest BCUT2D eigenvalue weighted by atomic mass is 10.1. The van der Waals surface area contributed by atoms with Crippen molar-refractivity contribution in [2.75, 3.05) is 31.0 Å². The SMILES string of the molecule is COC(=O)c1cc(OC)c(OC)cc1NC(=O)c1ccc(CN(c2cc(Cl)ccc2C)S(=O)(=O)c2ccccc2)cc1. The van der Waals surface area contributed by atoms with Crippen molar-refractivity contribution in [3.05, 3.63) is 112 Å². The van der Waals surface area contributed by atoms with Crippen molar-refractivity contribution >= 4 is 44.9 Å². The molecule has 4 rings (SSSR count). The normalized spacial score (nSPS) is 11.0. The van der Waals surface area contributed by atoms with Crippen molar-refractivity contribution in [3.8, 4) is 11.5 Å². The predicted octanol–water partition coefficient (Wildman–Crippen LogP) is 6.10. The van der Waals surface area contributed by atoms with Gasteiger partial charge in [-0.05, 0) is 54.4 Å². The van der Waals surface area contributed by atoms with Crippen LogP contribution >= 0.6 is 11.6 Å². The molecule has 4 aromatic carbocycles. The summed E-state index contributed by atoms with van der Waals surface area (Å²) in [7, 11) is 0.140. The molecule has 4 aromatic rings. The van der Waals surface area contributed by atoms with Crippen LogP contribution in [0.1, 0.15) is 31.8 Å². The van der Waals surface area contributed by atoms with E-state index in [2.05, 4.69) is 5.32 Å². The van der Waals surface area contributed by atoms with Gasteiger partial charge in [-0.1, -0.05) is 48.0 Å². The predicted molar refractivity (Wildman–Crippen MR) is 161 cm³/mol. The van der Waals surface area contributed by atoms with Gasteiger partial charge in [0.05, 0.1) is 49.7 Å². The fourth-order valence-corrected chi connectivity index (χ4v) is 5.95. The number of nitrogens with one attached hydrogen (secondary N) is 1. The molecule has 0 fully saturated rings. The van der Waals surface area contributed by atoms with Crippen molar-refractivity contribution < 1.29 is 32.2 Å². The number of anilines is 2. The molecule has 0 saturated heterocycles. The second-order valence-electron chi connectivity index (χ2n) is 9.15. The fraction of sp³-hybridized carbons (Fsp3) is 0.161. The molecular formula is C31H29ClN2O7S. The average Bonchev–Trinajstić information content (AvgIpc) is 3.01. The number of hydrogen-bond acceptors (Lipinski definition) is 7. The minimum absolute atomic E-state index is 0.0114. The number of methoxy groups -OCH3 is 3. The van der Waals surface area contributed by atoms with Crippen LogP contribution in [0.2, 0.25) is 5.02 Å². The Kier molecular flexibility index (Phi) is 9.39. The highest BCUT2D eigenvalue weighted by Crippen LogP contribution is 2.34. The maximum absolute atomic E-state index is 13.8. The number of esters is 1. The van der Waals surface area contributed by atoms with Gasteiger partial charge in [0, 0.05) is 22.7 Å². The van der Waals surface area contributed by atoms with E-state index in [1.54, 1.807) is 60.7 Å². The van der Waals surface area contributed by atoms with Crippen LogP contribution < -0.4 is 19.1 Å². The molecule has 1 amide bonds. The first kappa shape index (κ1) is 30.4. The number of carbonyl (C=O) groups is 2. The van der Waals surface area contributed by atoms with Gasteiger partial charge < -0.3 is 19.5 Å². The Balaban J connectivity index is 1.64. The van der Waals surface area contributed by atoms with Gasteiger partial charge in [0.25, 0.3) is 15.9 Å². The first-order chi connectivity index (χ1) is 20.1. The zero-order valence-electron chi connectivity index (χ0n) is 23.4. The van der Waals surface area contributed by atoms with E-state index in [0.717, 1.165) is 5.56 Å². The van der Waals surface area contributed by atoms with Crippen LogP contribution in [0.25, 0.3) is 0 Å². The van der Waals surface area contributed by atoms with Gasteiger partial charge in [0.2, 0.25) is 0 Å². The summed E-state index contributed by atoms with van der Waals surface area (Å²) in [6.07, 6.45) is 0. The second kappa shape index (κ2) is 13.0. The zero-order valence-corrected chi connectivity index (χ0v) is 25.0. The number of amides is 1. The van der Waals surface area contributed by atoms with Crippen LogP contribution in [0, 0.1) is 6.92 Å². The number of rotatable bonds is 10. The van der Waals surface area contributed by atoms with Crippen LogP contribution in [0.3, 0.4) is 0 Å². The molecule has 0 bridgehead atoms. The standard InChI is InChI=1S/C31H29ClN2O7S/c1-20-10-15-23(32)16-27(20)34(42(37,38)24-8-6-5-7-9-24)19-21-11-13-22(14-12-21)30(35)33-26-18-29(40-3)28(39-2)17-25(26)31(36)41-4/h5-18H,19H2,1-4H3,(H,33,35). The highest BCUT2D eigenvalue weighted by molar-refractivity contribution is 7.92. The summed E-state index contributed by atoms with van der Waals surface area (Å²) >= 11 is 6.25. The summed E-state index contributed by atoms with van der Waals surface area (Å²) in [5.74, 6) is -0.562. The second-order valence-corrected chi connectivity index (χ2v) is 11.4. The van der Waals surface area contributed by atoms with E-state index in [4.69, 9.17) is 25.8 Å². The largest absolute Gasteiger partial charge is 0.493 e. The quantitative estimate of drug-likeness (QED) is 0.217. The number of benzene rings is 4. The van der Waals surface area contributed by atoms with Gasteiger partial charge >= 0.3 is 5.97 Å². The van der Waals surface area contributed by atoms with Gasteiger partial charge in [0.15, 0.2) is 11.5 Å². The summed E-state index contributed by atoms with van der Waals surface area (Å²) in [6.45, 7) is 1.80. The summed E-state index contributed by atoms with van der Waals surface area (Å²) < 4.78 is 44.2. The van der Waals surface area contributed by atoms with Crippen molar-refractivity contribution in [1.82, 2.24) is 0 Å². The highest BCUT2D eigenvalue weighted by atomic mass is 35.5. The number of hydrogen-bond donors (Lipinski definition) is 1. The molecule has 0 aliphatic carbocycles. The Morgan fingerprint density at radius 3 is 2.12 bits per heavy atom. The molecule has 9 nitrogen and oxygen atoms in total. The Morgan fingerprint density at radius 2 is 1.50 bits per heavy atom. The summed E-state index contributed by atoms with van der Waals surface area (Å²) in [4.78, 5) is 25.7. The number of sulfonamides is 1. The topological polar surface area (TPSA) is 111 Å². The summed E-state index contributed by atoms with van der Waals surface area (Å²) in [5, 5.41) is 3.12. The van der Waals surface area contributed by atoms with E-state index in [1.165, 1.54) is 49.9 Å². The monoisotopic (exact) mass is 608 g/mol. The first-order valence-corrected chi connectivity index (χ1v) is 14.5. The Hall–Kier alpha value is -4.54. The lowest BCUT2D eigenvalue weighted by molar-refractivity contribution is 0.0601. The van der Waals surface area contributed by atoms with Crippen molar-refractivity contribution in [3.63, 3.8) is 0 Å². The average molecular weight is 609 g/mol. The van der Waals surface area contributed by atoms with Gasteiger partial charge in [-0.25, -0.2) is 13.2 Å². The first-order valence-electron chi connectivity index (χ1n) is 12.7. The van der Waals surface area contributed by atoms with Crippen LogP contribution in [-0.2, 0) is 21.3 Å². The molecule has 0 aliphatic rings. The molecule has 0 aliphatic heterocycles. The van der Waals surface area contributed by atoms with E-state index in [0.29, 0.717) is 27.8 Å². The minimum atomic E-state index is -3.96. The number of aryl methyl sites for hydroxylation is 1. The summed E-state index contributed by atoms with van der Waals surface area (Å²) in [5.41, 5.74) is 2.33.